The van der Waals surface area contributed by atoms with E-state index in [1.165, 1.54) is 17.4 Å². The van der Waals surface area contributed by atoms with Gasteiger partial charge in [-0.2, -0.15) is 13.5 Å². The molecule has 92 valence electrons. The highest BCUT2D eigenvalue weighted by molar-refractivity contribution is 7.86. The Bertz CT molecular complexity index is 728. The number of nitrogens with zero attached hydrogens (tertiary/aromatic N) is 2. The van der Waals surface area contributed by atoms with E-state index in [2.05, 4.69) is 9.28 Å². The molecule has 1 aromatic heterocycles. The van der Waals surface area contributed by atoms with Crippen LogP contribution in [0.1, 0.15) is 0 Å². The average Bonchev–Trinajstić information content (AvgIpc) is 2.65. The van der Waals surface area contributed by atoms with Crippen LogP contribution in [-0.4, -0.2) is 20.1 Å². The monoisotopic (exact) mass is 273 g/mol. The molecule has 0 fully saturated rings. The first-order valence-electron chi connectivity index (χ1n) is 4.63. The van der Waals surface area contributed by atoms with Crippen molar-refractivity contribution in [3.8, 4) is 0 Å². The van der Waals surface area contributed by atoms with Crippen molar-refractivity contribution in [1.82, 2.24) is 4.57 Å². The number of rotatable bonds is 2. The zero-order valence-electron chi connectivity index (χ0n) is 9.25. The Morgan fingerprint density at radius 2 is 2.18 bits per heavy atom. The van der Waals surface area contributed by atoms with Gasteiger partial charge in [0, 0.05) is 7.05 Å². The van der Waals surface area contributed by atoms with Gasteiger partial charge in [-0.25, -0.2) is 0 Å². The van der Waals surface area contributed by atoms with Crippen molar-refractivity contribution >= 4 is 31.7 Å². The van der Waals surface area contributed by atoms with Gasteiger partial charge in [-0.15, -0.1) is 0 Å². The first-order valence-corrected chi connectivity index (χ1v) is 6.86. The predicted octanol–water partition coefficient (Wildman–Crippen LogP) is 0.349. The highest BCUT2D eigenvalue weighted by atomic mass is 32.2. The lowest BCUT2D eigenvalue weighted by atomic mass is 10.3. The molecule has 8 heteroatoms. The molecule has 6 nitrogen and oxygen atoms in total. The molecule has 0 unspecified atom stereocenters. The van der Waals surface area contributed by atoms with E-state index in [0.717, 1.165) is 17.3 Å². The van der Waals surface area contributed by atoms with Gasteiger partial charge < -0.3 is 10.4 Å². The summed E-state index contributed by atoms with van der Waals surface area (Å²) in [4.78, 5) is 0.741. The third kappa shape index (κ3) is 1.94. The highest BCUT2D eigenvalue weighted by Crippen LogP contribution is 2.21. The van der Waals surface area contributed by atoms with Crippen molar-refractivity contribution in [2.45, 2.75) is 4.90 Å². The SMILES string of the molecule is COS(=O)(=O)c1ccc2c(c1)sc(=NN)n2C. The van der Waals surface area contributed by atoms with Gasteiger partial charge in [-0.1, -0.05) is 11.3 Å². The number of hydrogen-bond donors (Lipinski definition) is 1. The molecule has 2 aromatic rings. The number of benzene rings is 1. The van der Waals surface area contributed by atoms with Gasteiger partial charge in [0.2, 0.25) is 4.80 Å². The minimum atomic E-state index is -3.66. The van der Waals surface area contributed by atoms with Crippen LogP contribution in [0.5, 0.6) is 0 Å². The summed E-state index contributed by atoms with van der Waals surface area (Å²) in [6.45, 7) is 0. The molecule has 0 atom stereocenters. The Hall–Kier alpha value is -1.38. The number of aromatic nitrogens is 1. The van der Waals surface area contributed by atoms with Crippen LogP contribution in [0.25, 0.3) is 10.2 Å². The van der Waals surface area contributed by atoms with Crippen LogP contribution in [-0.2, 0) is 21.3 Å². The Morgan fingerprint density at radius 3 is 2.76 bits per heavy atom. The van der Waals surface area contributed by atoms with Crippen LogP contribution >= 0.6 is 11.3 Å². The second kappa shape index (κ2) is 4.13. The van der Waals surface area contributed by atoms with E-state index < -0.39 is 10.1 Å². The molecule has 0 aliphatic carbocycles. The number of aryl methyl sites for hydroxylation is 1. The van der Waals surface area contributed by atoms with Crippen molar-refractivity contribution in [2.75, 3.05) is 7.11 Å². The Morgan fingerprint density at radius 1 is 1.47 bits per heavy atom. The van der Waals surface area contributed by atoms with Gasteiger partial charge in [-0.05, 0) is 18.2 Å². The van der Waals surface area contributed by atoms with Gasteiger partial charge >= 0.3 is 0 Å². The summed E-state index contributed by atoms with van der Waals surface area (Å²) in [5.41, 5.74) is 0.870. The van der Waals surface area contributed by atoms with E-state index in [-0.39, 0.29) is 4.90 Å². The molecule has 2 rings (SSSR count). The van der Waals surface area contributed by atoms with E-state index in [0.29, 0.717) is 4.80 Å². The molecule has 0 saturated heterocycles. The minimum Gasteiger partial charge on any atom is -0.320 e. The van der Waals surface area contributed by atoms with Crippen molar-refractivity contribution in [3.05, 3.63) is 23.0 Å². The Kier molecular flexibility index (Phi) is 2.94. The molecule has 0 saturated carbocycles. The molecule has 2 N–H and O–H groups in total. The molecule has 0 bridgehead atoms. The molecule has 0 aliphatic heterocycles. The lowest BCUT2D eigenvalue weighted by Gasteiger charge is -2.01. The molecule has 0 spiro atoms. The average molecular weight is 273 g/mol. The molecular weight excluding hydrogens is 262 g/mol. The first-order chi connectivity index (χ1) is 7.99. The smallest absolute Gasteiger partial charge is 0.296 e. The lowest BCUT2D eigenvalue weighted by Crippen LogP contribution is -2.12. The van der Waals surface area contributed by atoms with Crippen LogP contribution in [0.15, 0.2) is 28.2 Å². The highest BCUT2D eigenvalue weighted by Gasteiger charge is 2.14. The molecule has 0 aliphatic rings. The fourth-order valence-corrected chi connectivity index (χ4v) is 3.23. The maximum Gasteiger partial charge on any atom is 0.296 e. The maximum atomic E-state index is 11.5. The van der Waals surface area contributed by atoms with Gasteiger partial charge in [0.25, 0.3) is 10.1 Å². The summed E-state index contributed by atoms with van der Waals surface area (Å²) in [6, 6.07) is 4.74. The number of fused-ring (bicyclic) bond motifs is 1. The number of thiazole rings is 1. The maximum absolute atomic E-state index is 11.5. The summed E-state index contributed by atoms with van der Waals surface area (Å²) in [7, 11) is -0.716. The van der Waals surface area contributed by atoms with Gasteiger partial charge in [0.05, 0.1) is 22.2 Å². The van der Waals surface area contributed by atoms with Crippen LogP contribution in [0, 0.1) is 0 Å². The summed E-state index contributed by atoms with van der Waals surface area (Å²) >= 11 is 1.32. The van der Waals surface area contributed by atoms with Crippen molar-refractivity contribution in [2.24, 2.45) is 18.0 Å². The fourth-order valence-electron chi connectivity index (χ4n) is 1.49. The lowest BCUT2D eigenvalue weighted by molar-refractivity contribution is 0.398. The molecular formula is C9H11N3O3S2. The zero-order chi connectivity index (χ0) is 12.6. The summed E-state index contributed by atoms with van der Waals surface area (Å²) in [5, 5.41) is 3.62. The van der Waals surface area contributed by atoms with E-state index in [1.807, 2.05) is 7.05 Å². The first kappa shape index (κ1) is 12.1. The molecule has 1 aromatic carbocycles. The second-order valence-electron chi connectivity index (χ2n) is 3.32. The fraction of sp³-hybridized carbons (Fsp3) is 0.222. The van der Waals surface area contributed by atoms with Gasteiger partial charge in [0.1, 0.15) is 0 Å². The topological polar surface area (TPSA) is 86.7 Å². The largest absolute Gasteiger partial charge is 0.320 e. The third-order valence-electron chi connectivity index (χ3n) is 2.40. The Balaban J connectivity index is 2.76. The van der Waals surface area contributed by atoms with Crippen molar-refractivity contribution in [1.29, 1.82) is 0 Å². The van der Waals surface area contributed by atoms with Crippen LogP contribution in [0.2, 0.25) is 0 Å². The van der Waals surface area contributed by atoms with Gasteiger partial charge in [0.15, 0.2) is 0 Å². The second-order valence-corrected chi connectivity index (χ2v) is 6.05. The normalized spacial score (nSPS) is 13.4. The standard InChI is InChI=1S/C9H11N3O3S2/c1-12-7-4-3-6(17(13,14)15-2)5-8(7)16-9(12)11-10/h3-5H,10H2,1-2H3. The van der Waals surface area contributed by atoms with E-state index in [4.69, 9.17) is 5.84 Å². The van der Waals surface area contributed by atoms with Crippen LogP contribution in [0.4, 0.5) is 0 Å². The van der Waals surface area contributed by atoms with Crippen LogP contribution < -0.4 is 10.6 Å². The minimum absolute atomic E-state index is 0.123. The van der Waals surface area contributed by atoms with E-state index >= 15 is 0 Å². The summed E-state index contributed by atoms with van der Waals surface area (Å²) in [5.74, 6) is 5.24. The van der Waals surface area contributed by atoms with Crippen LogP contribution in [0.3, 0.4) is 0 Å². The van der Waals surface area contributed by atoms with Gasteiger partial charge in [-0.3, -0.25) is 4.18 Å². The molecule has 17 heavy (non-hydrogen) atoms. The van der Waals surface area contributed by atoms with E-state index in [1.54, 1.807) is 16.7 Å². The third-order valence-corrected chi connectivity index (χ3v) is 4.78. The number of nitrogens with two attached hydrogens (primary N) is 1. The molecule has 1 heterocycles. The zero-order valence-corrected chi connectivity index (χ0v) is 10.9. The summed E-state index contributed by atoms with van der Waals surface area (Å²) in [6.07, 6.45) is 0. The molecule has 0 amide bonds. The Labute approximate surface area is 102 Å². The van der Waals surface area contributed by atoms with Crippen molar-refractivity contribution < 1.29 is 12.6 Å². The summed E-state index contributed by atoms with van der Waals surface area (Å²) < 4.78 is 30.1. The predicted molar refractivity (Wildman–Crippen MR) is 64.7 cm³/mol. The van der Waals surface area contributed by atoms with Crippen molar-refractivity contribution in [3.63, 3.8) is 0 Å². The van der Waals surface area contributed by atoms with E-state index in [9.17, 15) is 8.42 Å². The molecule has 0 radical (unpaired) electrons. The quantitative estimate of drug-likeness (QED) is 0.486. The number of hydrogen-bond acceptors (Lipinski definition) is 6.